The summed E-state index contributed by atoms with van der Waals surface area (Å²) in [4.78, 5) is 14.5. The lowest BCUT2D eigenvalue weighted by molar-refractivity contribution is 0.00578. The molecule has 3 rings (SSSR count). The number of rotatable bonds is 3. The molecular formula is C23H36BNO4. The normalized spacial score (nSPS) is 23.9. The average Bonchev–Trinajstić information content (AvgIpc) is 2.82. The van der Waals surface area contributed by atoms with E-state index in [9.17, 15) is 4.79 Å². The molecule has 0 bridgehead atoms. The van der Waals surface area contributed by atoms with E-state index in [1.165, 1.54) is 5.56 Å². The van der Waals surface area contributed by atoms with Crippen LogP contribution in [0.3, 0.4) is 0 Å². The summed E-state index contributed by atoms with van der Waals surface area (Å²) >= 11 is 0. The molecule has 0 saturated carbocycles. The fraction of sp³-hybridized carbons (Fsp3) is 0.696. The van der Waals surface area contributed by atoms with Crippen molar-refractivity contribution >= 4 is 18.7 Å². The van der Waals surface area contributed by atoms with Gasteiger partial charge in [0.1, 0.15) is 5.60 Å². The average molecular weight is 401 g/mol. The number of likely N-dealkylation sites (tertiary alicyclic amines) is 1. The van der Waals surface area contributed by atoms with E-state index >= 15 is 0 Å². The minimum atomic E-state index is -0.469. The third-order valence-electron chi connectivity index (χ3n) is 6.23. The van der Waals surface area contributed by atoms with E-state index < -0.39 is 5.60 Å². The van der Waals surface area contributed by atoms with Crippen LogP contribution in [0.2, 0.25) is 0 Å². The van der Waals surface area contributed by atoms with E-state index in [2.05, 4.69) is 52.0 Å². The predicted octanol–water partition coefficient (Wildman–Crippen LogP) is 4.32. The SMILES string of the molecule is CC(C)(C)OC(=O)N1CCCCC1Cc1ccc(B2OC(C)(C)C(C)(C)O2)cc1. The number of carbonyl (C=O) groups is 1. The number of ether oxygens (including phenoxy) is 1. The van der Waals surface area contributed by atoms with Gasteiger partial charge in [0.25, 0.3) is 0 Å². The number of piperidine rings is 1. The van der Waals surface area contributed by atoms with Crippen molar-refractivity contribution in [2.75, 3.05) is 6.54 Å². The summed E-state index contributed by atoms with van der Waals surface area (Å²) in [6.07, 6.45) is 3.84. The quantitative estimate of drug-likeness (QED) is 0.708. The van der Waals surface area contributed by atoms with Gasteiger partial charge in [-0.1, -0.05) is 24.3 Å². The van der Waals surface area contributed by atoms with Gasteiger partial charge in [0, 0.05) is 12.6 Å². The van der Waals surface area contributed by atoms with E-state index in [1.807, 2.05) is 25.7 Å². The fourth-order valence-corrected chi connectivity index (χ4v) is 3.84. The number of amides is 1. The monoisotopic (exact) mass is 401 g/mol. The van der Waals surface area contributed by atoms with Gasteiger partial charge in [0.2, 0.25) is 0 Å². The molecule has 2 saturated heterocycles. The van der Waals surface area contributed by atoms with Gasteiger partial charge in [-0.15, -0.1) is 0 Å². The van der Waals surface area contributed by atoms with Gasteiger partial charge in [-0.2, -0.15) is 0 Å². The number of carbonyl (C=O) groups excluding carboxylic acids is 1. The van der Waals surface area contributed by atoms with E-state index in [1.54, 1.807) is 0 Å². The van der Waals surface area contributed by atoms with Gasteiger partial charge in [-0.3, -0.25) is 0 Å². The molecule has 5 nitrogen and oxygen atoms in total. The molecule has 2 fully saturated rings. The second-order valence-corrected chi connectivity index (χ2v) is 10.4. The molecule has 0 radical (unpaired) electrons. The molecule has 1 amide bonds. The molecule has 2 aliphatic heterocycles. The van der Waals surface area contributed by atoms with Crippen LogP contribution in [0, 0.1) is 0 Å². The Hall–Kier alpha value is -1.53. The van der Waals surface area contributed by atoms with Crippen molar-refractivity contribution in [1.82, 2.24) is 4.90 Å². The zero-order chi connectivity index (χ0) is 21.4. The second-order valence-electron chi connectivity index (χ2n) is 10.4. The van der Waals surface area contributed by atoms with Crippen LogP contribution >= 0.6 is 0 Å². The van der Waals surface area contributed by atoms with Gasteiger partial charge in [0.15, 0.2) is 0 Å². The number of nitrogens with zero attached hydrogens (tertiary/aromatic N) is 1. The smallest absolute Gasteiger partial charge is 0.444 e. The van der Waals surface area contributed by atoms with Crippen LogP contribution < -0.4 is 5.46 Å². The molecular weight excluding hydrogens is 365 g/mol. The van der Waals surface area contributed by atoms with E-state index in [0.29, 0.717) is 0 Å². The molecule has 0 spiro atoms. The highest BCUT2D eigenvalue weighted by Crippen LogP contribution is 2.36. The van der Waals surface area contributed by atoms with Crippen molar-refractivity contribution in [2.24, 2.45) is 0 Å². The van der Waals surface area contributed by atoms with Crippen molar-refractivity contribution in [3.8, 4) is 0 Å². The van der Waals surface area contributed by atoms with Gasteiger partial charge in [0.05, 0.1) is 11.2 Å². The maximum absolute atomic E-state index is 12.6. The highest BCUT2D eigenvalue weighted by Gasteiger charge is 2.51. The molecule has 2 heterocycles. The number of benzene rings is 1. The Bertz CT molecular complexity index is 707. The molecule has 29 heavy (non-hydrogen) atoms. The first-order valence-corrected chi connectivity index (χ1v) is 10.8. The zero-order valence-electron chi connectivity index (χ0n) is 19.1. The Balaban J connectivity index is 1.66. The highest BCUT2D eigenvalue weighted by atomic mass is 16.7. The molecule has 1 aromatic carbocycles. The highest BCUT2D eigenvalue weighted by molar-refractivity contribution is 6.62. The molecule has 0 aliphatic carbocycles. The van der Waals surface area contributed by atoms with Crippen molar-refractivity contribution in [3.05, 3.63) is 29.8 Å². The molecule has 160 valence electrons. The Labute approximate surface area is 176 Å². The summed E-state index contributed by atoms with van der Waals surface area (Å²) in [6, 6.07) is 8.60. The minimum Gasteiger partial charge on any atom is -0.444 e. The van der Waals surface area contributed by atoms with Crippen LogP contribution in [0.4, 0.5) is 4.79 Å². The Morgan fingerprint density at radius 3 is 2.24 bits per heavy atom. The standard InChI is InChI=1S/C23H36BNO4/c1-21(2,3)27-20(26)25-15-9-8-10-19(25)16-17-11-13-18(14-12-17)24-28-22(4,5)23(6,7)29-24/h11-14,19H,8-10,15-16H2,1-7H3. The van der Waals surface area contributed by atoms with Gasteiger partial charge in [-0.05, 0) is 85.2 Å². The lowest BCUT2D eigenvalue weighted by Crippen LogP contribution is -2.47. The number of hydrogen-bond acceptors (Lipinski definition) is 4. The maximum atomic E-state index is 12.6. The van der Waals surface area contributed by atoms with Crippen LogP contribution in [0.5, 0.6) is 0 Å². The number of hydrogen-bond donors (Lipinski definition) is 0. The summed E-state index contributed by atoms with van der Waals surface area (Å²) in [5.74, 6) is 0. The fourth-order valence-electron chi connectivity index (χ4n) is 3.84. The van der Waals surface area contributed by atoms with Crippen LogP contribution in [-0.2, 0) is 20.5 Å². The first-order valence-electron chi connectivity index (χ1n) is 10.8. The zero-order valence-corrected chi connectivity index (χ0v) is 19.1. The molecule has 6 heteroatoms. The largest absolute Gasteiger partial charge is 0.494 e. The molecule has 2 aliphatic rings. The summed E-state index contributed by atoms with van der Waals surface area (Å²) in [6.45, 7) is 14.8. The maximum Gasteiger partial charge on any atom is 0.494 e. The van der Waals surface area contributed by atoms with Crippen LogP contribution in [0.15, 0.2) is 24.3 Å². The van der Waals surface area contributed by atoms with Gasteiger partial charge < -0.3 is 18.9 Å². The third-order valence-corrected chi connectivity index (χ3v) is 6.23. The summed E-state index contributed by atoms with van der Waals surface area (Å²) in [5, 5.41) is 0. The van der Waals surface area contributed by atoms with E-state index in [-0.39, 0.29) is 30.5 Å². The van der Waals surface area contributed by atoms with Crippen LogP contribution in [0.25, 0.3) is 0 Å². The van der Waals surface area contributed by atoms with Crippen molar-refractivity contribution in [3.63, 3.8) is 0 Å². The minimum absolute atomic E-state index is 0.182. The topological polar surface area (TPSA) is 48.0 Å². The van der Waals surface area contributed by atoms with Crippen LogP contribution in [0.1, 0.15) is 73.3 Å². The predicted molar refractivity (Wildman–Crippen MR) is 116 cm³/mol. The van der Waals surface area contributed by atoms with Gasteiger partial charge >= 0.3 is 13.2 Å². The molecule has 0 aromatic heterocycles. The third kappa shape index (κ3) is 5.15. The van der Waals surface area contributed by atoms with Crippen LogP contribution in [-0.4, -0.2) is 47.5 Å². The Morgan fingerprint density at radius 1 is 1.10 bits per heavy atom. The molecule has 0 N–H and O–H groups in total. The van der Waals surface area contributed by atoms with Crippen molar-refractivity contribution in [2.45, 2.75) is 97.0 Å². The summed E-state index contributed by atoms with van der Waals surface area (Å²) in [7, 11) is -0.345. The molecule has 1 aromatic rings. The Kier molecular flexibility index (Phi) is 6.08. The molecule has 1 unspecified atom stereocenters. The van der Waals surface area contributed by atoms with E-state index in [0.717, 1.165) is 37.7 Å². The first-order chi connectivity index (χ1) is 13.4. The lowest BCUT2D eigenvalue weighted by Gasteiger charge is -2.37. The van der Waals surface area contributed by atoms with Gasteiger partial charge in [-0.25, -0.2) is 4.79 Å². The van der Waals surface area contributed by atoms with Crippen molar-refractivity contribution in [1.29, 1.82) is 0 Å². The molecule has 1 atom stereocenters. The second kappa shape index (κ2) is 7.95. The summed E-state index contributed by atoms with van der Waals surface area (Å²) in [5.41, 5.74) is 1.09. The first kappa shape index (κ1) is 22.2. The Morgan fingerprint density at radius 2 is 1.69 bits per heavy atom. The summed E-state index contributed by atoms with van der Waals surface area (Å²) < 4.78 is 17.9. The van der Waals surface area contributed by atoms with E-state index in [4.69, 9.17) is 14.0 Å². The lowest BCUT2D eigenvalue weighted by atomic mass is 9.78. The van der Waals surface area contributed by atoms with Crippen molar-refractivity contribution < 1.29 is 18.8 Å².